The fourth-order valence-electron chi connectivity index (χ4n) is 3.95. The Morgan fingerprint density at radius 3 is 2.03 bits per heavy atom. The highest BCUT2D eigenvalue weighted by atomic mass is 19.4. The van der Waals surface area contributed by atoms with Crippen molar-refractivity contribution in [1.29, 1.82) is 0 Å². The maximum Gasteiger partial charge on any atom is 0.416 e. The Kier molecular flexibility index (Phi) is 6.72. The van der Waals surface area contributed by atoms with Gasteiger partial charge in [0.15, 0.2) is 0 Å². The number of carbonyl (C=O) groups excluding carboxylic acids is 1. The van der Waals surface area contributed by atoms with Gasteiger partial charge in [-0.15, -0.1) is 0 Å². The number of halogens is 6. The van der Waals surface area contributed by atoms with Gasteiger partial charge in [0.1, 0.15) is 11.5 Å². The third-order valence-corrected chi connectivity index (χ3v) is 5.52. The summed E-state index contributed by atoms with van der Waals surface area (Å²) in [7, 11) is 2.60. The average Bonchev–Trinajstić information content (AvgIpc) is 2.76. The molecular weight excluding hydrogens is 472 g/mol. The number of alkyl halides is 6. The number of ether oxygens (including phenoxy) is 2. The lowest BCUT2D eigenvalue weighted by Gasteiger charge is -2.40. The van der Waals surface area contributed by atoms with Gasteiger partial charge in [0.25, 0.3) is 0 Å². The summed E-state index contributed by atoms with van der Waals surface area (Å²) < 4.78 is 90.9. The quantitative estimate of drug-likeness (QED) is 0.574. The normalized spacial score (nSPS) is 19.2. The van der Waals surface area contributed by atoms with Crippen LogP contribution in [0.4, 0.5) is 32.0 Å². The maximum absolute atomic E-state index is 13.4. The van der Waals surface area contributed by atoms with Gasteiger partial charge in [0.05, 0.1) is 37.3 Å². The number of nitrogens with zero attached hydrogens (tertiary/aromatic N) is 1. The molecule has 34 heavy (non-hydrogen) atoms. The summed E-state index contributed by atoms with van der Waals surface area (Å²) in [5.41, 5.74) is -3.87. The molecule has 0 aromatic heterocycles. The monoisotopic (exact) mass is 491 g/mol. The summed E-state index contributed by atoms with van der Waals surface area (Å²) in [5, 5.41) is 9.79. The molecule has 0 aliphatic carbocycles. The standard InChI is InChI=1S/C22H19F6NO5/c1-33-14-3-4-15(17(10-14)34-2)19-16(20(31)32)5-6-18(30)29(19)13-8-11(21(23,24)25)7-12(9-13)22(26,27)28/h3-4,7-10,16,19H,5-6H2,1-2H3,(H,31,32). The third kappa shape index (κ3) is 4.90. The Hall–Kier alpha value is -3.44. The molecule has 1 amide bonds. The molecule has 1 aliphatic heterocycles. The molecule has 2 atom stereocenters. The first-order valence-corrected chi connectivity index (χ1v) is 9.84. The second-order valence-electron chi connectivity index (χ2n) is 7.56. The third-order valence-electron chi connectivity index (χ3n) is 5.52. The molecule has 3 rings (SSSR count). The Labute approximate surface area is 189 Å². The summed E-state index contributed by atoms with van der Waals surface area (Å²) in [4.78, 5) is 25.6. The van der Waals surface area contributed by atoms with Gasteiger partial charge in [-0.1, -0.05) is 0 Å². The number of anilines is 1. The molecule has 2 aromatic carbocycles. The van der Waals surface area contributed by atoms with Gasteiger partial charge in [-0.25, -0.2) is 0 Å². The van der Waals surface area contributed by atoms with Crippen LogP contribution < -0.4 is 14.4 Å². The van der Waals surface area contributed by atoms with Crippen LogP contribution in [-0.4, -0.2) is 31.2 Å². The molecule has 2 unspecified atom stereocenters. The van der Waals surface area contributed by atoms with Crippen molar-refractivity contribution in [3.63, 3.8) is 0 Å². The van der Waals surface area contributed by atoms with E-state index in [0.717, 1.165) is 0 Å². The van der Waals surface area contributed by atoms with Crippen LogP contribution in [0.1, 0.15) is 35.6 Å². The predicted molar refractivity (Wildman–Crippen MR) is 107 cm³/mol. The first kappa shape index (κ1) is 25.2. The van der Waals surface area contributed by atoms with Gasteiger partial charge < -0.3 is 19.5 Å². The molecule has 1 fully saturated rings. The number of piperidine rings is 1. The molecule has 1 saturated heterocycles. The van der Waals surface area contributed by atoms with Crippen LogP contribution in [0.2, 0.25) is 0 Å². The number of benzene rings is 2. The minimum absolute atomic E-state index is 0.0540. The van der Waals surface area contributed by atoms with Crippen LogP contribution in [0.25, 0.3) is 0 Å². The Bertz CT molecular complexity index is 1070. The topological polar surface area (TPSA) is 76.1 Å². The highest BCUT2D eigenvalue weighted by Gasteiger charge is 2.45. The number of carbonyl (C=O) groups is 2. The van der Waals surface area contributed by atoms with Gasteiger partial charge in [-0.05, 0) is 36.8 Å². The summed E-state index contributed by atoms with van der Waals surface area (Å²) in [5.74, 6) is -3.17. The van der Waals surface area contributed by atoms with E-state index in [-0.39, 0.29) is 30.2 Å². The number of hydrogen-bond acceptors (Lipinski definition) is 4. The van der Waals surface area contributed by atoms with Crippen molar-refractivity contribution in [3.8, 4) is 11.5 Å². The number of rotatable bonds is 5. The lowest BCUT2D eigenvalue weighted by atomic mass is 9.83. The number of amides is 1. The van der Waals surface area contributed by atoms with Crippen LogP contribution in [0, 0.1) is 5.92 Å². The SMILES string of the molecule is COc1ccc(C2C(C(=O)O)CCC(=O)N2c2cc(C(F)(F)F)cc(C(F)(F)F)c2)c(OC)c1. The van der Waals surface area contributed by atoms with Gasteiger partial charge in [-0.3, -0.25) is 9.59 Å². The highest BCUT2D eigenvalue weighted by Crippen LogP contribution is 2.46. The van der Waals surface area contributed by atoms with Crippen LogP contribution >= 0.6 is 0 Å². The Morgan fingerprint density at radius 2 is 1.56 bits per heavy atom. The van der Waals surface area contributed by atoms with Crippen LogP contribution in [-0.2, 0) is 21.9 Å². The van der Waals surface area contributed by atoms with Crippen molar-refractivity contribution in [3.05, 3.63) is 53.1 Å². The molecule has 0 bridgehead atoms. The molecule has 1 aliphatic rings. The summed E-state index contributed by atoms with van der Waals surface area (Å²) in [6.07, 6.45) is -10.8. The zero-order valence-corrected chi connectivity index (χ0v) is 17.8. The van der Waals surface area contributed by atoms with Crippen LogP contribution in [0.5, 0.6) is 11.5 Å². The Morgan fingerprint density at radius 1 is 0.971 bits per heavy atom. The smallest absolute Gasteiger partial charge is 0.416 e. The van der Waals surface area contributed by atoms with E-state index in [1.807, 2.05) is 0 Å². The lowest BCUT2D eigenvalue weighted by molar-refractivity contribution is -0.145. The fraction of sp³-hybridized carbons (Fsp3) is 0.364. The largest absolute Gasteiger partial charge is 0.497 e. The van der Waals surface area contributed by atoms with E-state index in [2.05, 4.69) is 0 Å². The van der Waals surface area contributed by atoms with Crippen LogP contribution in [0.3, 0.4) is 0 Å². The van der Waals surface area contributed by atoms with Gasteiger partial charge >= 0.3 is 18.3 Å². The van der Waals surface area contributed by atoms with E-state index in [4.69, 9.17) is 9.47 Å². The van der Waals surface area contributed by atoms with Crippen LogP contribution in [0.15, 0.2) is 36.4 Å². The first-order chi connectivity index (χ1) is 15.8. The van der Waals surface area contributed by atoms with E-state index in [0.29, 0.717) is 22.8 Å². The molecule has 1 N–H and O–H groups in total. The molecule has 2 aromatic rings. The second-order valence-corrected chi connectivity index (χ2v) is 7.56. The van der Waals surface area contributed by atoms with Crippen molar-refractivity contribution in [2.24, 2.45) is 5.92 Å². The van der Waals surface area contributed by atoms with Gasteiger partial charge in [0, 0.05) is 23.7 Å². The zero-order chi connectivity index (χ0) is 25.4. The van der Waals surface area contributed by atoms with Crippen molar-refractivity contribution in [2.75, 3.05) is 19.1 Å². The fourth-order valence-corrected chi connectivity index (χ4v) is 3.95. The van der Waals surface area contributed by atoms with Crippen molar-refractivity contribution in [1.82, 2.24) is 0 Å². The predicted octanol–water partition coefficient (Wildman–Crippen LogP) is 5.31. The van der Waals surface area contributed by atoms with E-state index in [9.17, 15) is 41.0 Å². The number of aliphatic carboxylic acids is 1. The van der Waals surface area contributed by atoms with Crippen molar-refractivity contribution < 1.29 is 50.5 Å². The zero-order valence-electron chi connectivity index (χ0n) is 17.8. The van der Waals surface area contributed by atoms with Gasteiger partial charge in [0.2, 0.25) is 5.91 Å². The number of carboxylic acids is 1. The number of methoxy groups -OCH3 is 2. The minimum Gasteiger partial charge on any atom is -0.497 e. The van der Waals surface area contributed by atoms with E-state index in [1.165, 1.54) is 32.4 Å². The molecule has 12 heteroatoms. The summed E-state index contributed by atoms with van der Waals surface area (Å²) >= 11 is 0. The molecular formula is C22H19F6NO5. The molecule has 184 valence electrons. The van der Waals surface area contributed by atoms with E-state index < -0.39 is 53.0 Å². The van der Waals surface area contributed by atoms with Gasteiger partial charge in [-0.2, -0.15) is 26.3 Å². The summed E-state index contributed by atoms with van der Waals surface area (Å²) in [6.45, 7) is 0. The maximum atomic E-state index is 13.4. The Balaban J connectivity index is 2.30. The number of hydrogen-bond donors (Lipinski definition) is 1. The molecule has 1 heterocycles. The van der Waals surface area contributed by atoms with Crippen molar-refractivity contribution >= 4 is 17.6 Å². The minimum atomic E-state index is -5.14. The lowest BCUT2D eigenvalue weighted by Crippen LogP contribution is -2.46. The average molecular weight is 491 g/mol. The number of carboxylic acid groups (broad SMARTS) is 1. The van der Waals surface area contributed by atoms with E-state index in [1.54, 1.807) is 0 Å². The second kappa shape index (κ2) is 9.07. The summed E-state index contributed by atoms with van der Waals surface area (Å²) in [6, 6.07) is 3.46. The van der Waals surface area contributed by atoms with E-state index >= 15 is 0 Å². The first-order valence-electron chi connectivity index (χ1n) is 9.84. The molecule has 0 saturated carbocycles. The molecule has 0 spiro atoms. The van der Waals surface area contributed by atoms with Crippen molar-refractivity contribution in [2.45, 2.75) is 31.2 Å². The molecule has 0 radical (unpaired) electrons. The highest BCUT2D eigenvalue weighted by molar-refractivity contribution is 5.97. The molecule has 6 nitrogen and oxygen atoms in total.